The highest BCUT2D eigenvalue weighted by atomic mass is 32.1. The van der Waals surface area contributed by atoms with Gasteiger partial charge in [-0.3, -0.25) is 9.69 Å². The van der Waals surface area contributed by atoms with E-state index in [1.54, 1.807) is 23.1 Å². The van der Waals surface area contributed by atoms with Crippen LogP contribution in [0.15, 0.2) is 47.8 Å². The topological polar surface area (TPSA) is 75.5 Å². The smallest absolute Gasteiger partial charge is 0.230 e. The summed E-state index contributed by atoms with van der Waals surface area (Å²) in [6.45, 7) is 6.19. The van der Waals surface area contributed by atoms with E-state index in [4.69, 9.17) is 14.7 Å². The van der Waals surface area contributed by atoms with Crippen LogP contribution in [-0.2, 0) is 17.8 Å². The van der Waals surface area contributed by atoms with E-state index in [0.29, 0.717) is 34.5 Å². The highest BCUT2D eigenvalue weighted by Gasteiger charge is 2.18. The van der Waals surface area contributed by atoms with Crippen LogP contribution in [0.25, 0.3) is 0 Å². The number of benzene rings is 2. The van der Waals surface area contributed by atoms with Gasteiger partial charge in [0.15, 0.2) is 16.6 Å². The molecule has 0 radical (unpaired) electrons. The van der Waals surface area contributed by atoms with Gasteiger partial charge in [0.1, 0.15) is 6.61 Å². The molecule has 0 atom stereocenters. The fraction of sp³-hybridized carbons (Fsp3) is 0.261. The van der Waals surface area contributed by atoms with Crippen LogP contribution in [0.2, 0.25) is 0 Å². The zero-order chi connectivity index (χ0) is 21.5. The first-order valence-corrected chi connectivity index (χ1v) is 10.6. The zero-order valence-corrected chi connectivity index (χ0v) is 18.0. The van der Waals surface area contributed by atoms with Gasteiger partial charge >= 0.3 is 0 Å². The molecule has 2 aromatic carbocycles. The number of aromatic nitrogens is 1. The number of carbonyl (C=O) groups excluding carboxylic acids is 1. The molecule has 1 amide bonds. The van der Waals surface area contributed by atoms with E-state index >= 15 is 0 Å². The second kappa shape index (κ2) is 9.90. The Morgan fingerprint density at radius 2 is 1.90 bits per heavy atom. The molecule has 0 spiro atoms. The molecule has 1 aromatic heterocycles. The second-order valence-electron chi connectivity index (χ2n) is 6.49. The fourth-order valence-electron chi connectivity index (χ4n) is 2.89. The Bertz CT molecular complexity index is 1050. The van der Waals surface area contributed by atoms with Crippen LogP contribution in [0.3, 0.4) is 0 Å². The number of hydrogen-bond donors (Lipinski definition) is 0. The van der Waals surface area contributed by atoms with Crippen molar-refractivity contribution >= 4 is 28.1 Å². The van der Waals surface area contributed by atoms with Gasteiger partial charge in [-0.05, 0) is 43.2 Å². The highest BCUT2D eigenvalue weighted by Crippen LogP contribution is 2.31. The van der Waals surface area contributed by atoms with Crippen LogP contribution in [-0.4, -0.2) is 17.5 Å². The van der Waals surface area contributed by atoms with Gasteiger partial charge < -0.3 is 9.47 Å². The maximum atomic E-state index is 12.3. The van der Waals surface area contributed by atoms with E-state index in [2.05, 4.69) is 18.0 Å². The van der Waals surface area contributed by atoms with Crippen molar-refractivity contribution in [2.75, 3.05) is 11.5 Å². The first-order chi connectivity index (χ1) is 14.5. The molecule has 0 fully saturated rings. The number of amides is 1. The maximum absolute atomic E-state index is 12.3. The summed E-state index contributed by atoms with van der Waals surface area (Å²) in [6, 6.07) is 15.0. The summed E-state index contributed by atoms with van der Waals surface area (Å²) < 4.78 is 11.4. The lowest BCUT2D eigenvalue weighted by Crippen LogP contribution is -2.22. The quantitative estimate of drug-likeness (QED) is 0.497. The number of nitriles is 1. The van der Waals surface area contributed by atoms with Crippen LogP contribution < -0.4 is 14.4 Å². The van der Waals surface area contributed by atoms with Gasteiger partial charge in [-0.15, -0.1) is 11.3 Å². The Morgan fingerprint density at radius 3 is 2.53 bits per heavy atom. The Labute approximate surface area is 180 Å². The van der Waals surface area contributed by atoms with Crippen LogP contribution in [0.4, 0.5) is 10.8 Å². The van der Waals surface area contributed by atoms with E-state index in [9.17, 15) is 4.79 Å². The van der Waals surface area contributed by atoms with Gasteiger partial charge in [-0.1, -0.05) is 19.1 Å². The Morgan fingerprint density at radius 1 is 1.13 bits per heavy atom. The summed E-state index contributed by atoms with van der Waals surface area (Å²) in [5, 5.41) is 11.5. The number of anilines is 2. The van der Waals surface area contributed by atoms with E-state index in [1.807, 2.05) is 36.6 Å². The molecule has 6 nitrogen and oxygen atoms in total. The third-order valence-corrected chi connectivity index (χ3v) is 5.27. The lowest BCUT2D eigenvalue weighted by atomic mass is 10.1. The first-order valence-electron chi connectivity index (χ1n) is 9.69. The summed E-state index contributed by atoms with van der Waals surface area (Å²) in [4.78, 5) is 18.5. The van der Waals surface area contributed by atoms with E-state index < -0.39 is 0 Å². The van der Waals surface area contributed by atoms with Crippen LogP contribution in [0.5, 0.6) is 11.5 Å². The lowest BCUT2D eigenvalue weighted by molar-refractivity contribution is -0.115. The minimum Gasteiger partial charge on any atom is -0.490 e. The molecular weight excluding hydrogens is 398 g/mol. The average molecular weight is 422 g/mol. The summed E-state index contributed by atoms with van der Waals surface area (Å²) in [7, 11) is 0. The Kier molecular flexibility index (Phi) is 7.04. The van der Waals surface area contributed by atoms with E-state index in [1.165, 1.54) is 23.8 Å². The van der Waals surface area contributed by atoms with Crippen molar-refractivity contribution in [2.45, 2.75) is 33.8 Å². The Hall–Kier alpha value is -3.37. The molecule has 0 saturated carbocycles. The molecule has 0 aliphatic rings. The van der Waals surface area contributed by atoms with Crippen molar-refractivity contribution in [1.29, 1.82) is 5.26 Å². The fourth-order valence-corrected chi connectivity index (χ4v) is 3.76. The average Bonchev–Trinajstić information content (AvgIpc) is 3.21. The number of rotatable bonds is 8. The van der Waals surface area contributed by atoms with Gasteiger partial charge in [0.2, 0.25) is 5.91 Å². The minimum absolute atomic E-state index is 0.105. The summed E-state index contributed by atoms with van der Waals surface area (Å²) in [5.41, 5.74) is 3.21. The van der Waals surface area contributed by atoms with Crippen molar-refractivity contribution in [3.05, 3.63) is 64.7 Å². The van der Waals surface area contributed by atoms with Gasteiger partial charge in [0.25, 0.3) is 0 Å². The molecule has 7 heteroatoms. The molecule has 0 N–H and O–H groups in total. The lowest BCUT2D eigenvalue weighted by Gasteiger charge is -2.18. The number of aryl methyl sites for hydroxylation is 1. The number of carbonyl (C=O) groups is 1. The van der Waals surface area contributed by atoms with Crippen molar-refractivity contribution in [1.82, 2.24) is 4.98 Å². The molecule has 0 bridgehead atoms. The first kappa shape index (κ1) is 21.3. The standard InChI is InChI=1S/C23H23N3O3S/c1-4-17-6-9-20(10-7-17)26(16(3)27)23-25-19(15-30-23)14-29-21-11-8-18(13-24)12-22(21)28-5-2/h6-12,15H,4-5,14H2,1-3H3. The van der Waals surface area contributed by atoms with Crippen LogP contribution in [0, 0.1) is 11.3 Å². The maximum Gasteiger partial charge on any atom is 0.230 e. The molecular formula is C23H23N3O3S. The summed E-state index contributed by atoms with van der Waals surface area (Å²) >= 11 is 1.39. The summed E-state index contributed by atoms with van der Waals surface area (Å²) in [5.74, 6) is 0.962. The molecule has 0 unspecified atom stereocenters. The highest BCUT2D eigenvalue weighted by molar-refractivity contribution is 7.14. The predicted molar refractivity (Wildman–Crippen MR) is 117 cm³/mol. The van der Waals surface area contributed by atoms with Crippen molar-refractivity contribution in [3.63, 3.8) is 0 Å². The molecule has 0 saturated heterocycles. The van der Waals surface area contributed by atoms with Crippen molar-refractivity contribution in [3.8, 4) is 17.6 Å². The number of nitrogens with zero attached hydrogens (tertiary/aromatic N) is 3. The molecule has 30 heavy (non-hydrogen) atoms. The van der Waals surface area contributed by atoms with Gasteiger partial charge in [0, 0.05) is 18.4 Å². The largest absolute Gasteiger partial charge is 0.490 e. The molecule has 3 rings (SSSR count). The van der Waals surface area contributed by atoms with Crippen molar-refractivity contribution in [2.24, 2.45) is 0 Å². The third kappa shape index (κ3) is 4.97. The van der Waals surface area contributed by atoms with Gasteiger partial charge in [0.05, 0.1) is 29.6 Å². The van der Waals surface area contributed by atoms with E-state index in [0.717, 1.165) is 12.1 Å². The molecule has 0 aliphatic carbocycles. The molecule has 154 valence electrons. The van der Waals surface area contributed by atoms with Gasteiger partial charge in [-0.2, -0.15) is 5.26 Å². The summed E-state index contributed by atoms with van der Waals surface area (Å²) in [6.07, 6.45) is 0.943. The molecule has 0 aliphatic heterocycles. The van der Waals surface area contributed by atoms with Crippen LogP contribution >= 0.6 is 11.3 Å². The van der Waals surface area contributed by atoms with Crippen molar-refractivity contribution < 1.29 is 14.3 Å². The Balaban J connectivity index is 1.77. The zero-order valence-electron chi connectivity index (χ0n) is 17.2. The van der Waals surface area contributed by atoms with Crippen LogP contribution in [0.1, 0.15) is 37.6 Å². The van der Waals surface area contributed by atoms with E-state index in [-0.39, 0.29) is 12.5 Å². The molecule has 1 heterocycles. The minimum atomic E-state index is -0.105. The monoisotopic (exact) mass is 421 g/mol. The number of thiazole rings is 1. The normalized spacial score (nSPS) is 10.3. The number of hydrogen-bond acceptors (Lipinski definition) is 6. The predicted octanol–water partition coefficient (Wildman–Crippen LogP) is 5.24. The molecule has 3 aromatic rings. The SMILES string of the molecule is CCOc1cc(C#N)ccc1OCc1csc(N(C(C)=O)c2ccc(CC)cc2)n1. The third-order valence-electron chi connectivity index (χ3n) is 4.40. The second-order valence-corrected chi connectivity index (χ2v) is 7.33. The van der Waals surface area contributed by atoms with Gasteiger partial charge in [-0.25, -0.2) is 4.98 Å². The number of ether oxygens (including phenoxy) is 2.